The van der Waals surface area contributed by atoms with E-state index in [4.69, 9.17) is 11.0 Å². The lowest BCUT2D eigenvalue weighted by molar-refractivity contribution is 0.627. The van der Waals surface area contributed by atoms with Crippen LogP contribution in [0.1, 0.15) is 18.2 Å². The summed E-state index contributed by atoms with van der Waals surface area (Å²) < 4.78 is 14.7. The molecule has 6 heteroatoms. The zero-order valence-electron chi connectivity index (χ0n) is 10.7. The molecule has 98 valence electrons. The molecular formula is C13H14FN5. The van der Waals surface area contributed by atoms with Crippen molar-refractivity contribution in [1.82, 2.24) is 9.78 Å². The van der Waals surface area contributed by atoms with Gasteiger partial charge in [0, 0.05) is 7.05 Å². The number of hydrogen-bond acceptors (Lipinski definition) is 4. The van der Waals surface area contributed by atoms with Crippen LogP contribution in [-0.4, -0.2) is 9.78 Å². The summed E-state index contributed by atoms with van der Waals surface area (Å²) in [5.74, 6) is 0.147. The lowest BCUT2D eigenvalue weighted by Crippen LogP contribution is -2.03. The fraction of sp³-hybridized carbons (Fsp3) is 0.231. The first-order valence-corrected chi connectivity index (χ1v) is 5.84. The summed E-state index contributed by atoms with van der Waals surface area (Å²) in [6.07, 6.45) is 0.718. The minimum Gasteiger partial charge on any atom is -0.394 e. The summed E-state index contributed by atoms with van der Waals surface area (Å²) in [5.41, 5.74) is 8.03. The van der Waals surface area contributed by atoms with Gasteiger partial charge in [-0.05, 0) is 24.6 Å². The van der Waals surface area contributed by atoms with E-state index in [9.17, 15) is 4.39 Å². The molecule has 0 bridgehead atoms. The van der Waals surface area contributed by atoms with Crippen LogP contribution in [0.15, 0.2) is 18.2 Å². The lowest BCUT2D eigenvalue weighted by Gasteiger charge is -2.09. The molecular weight excluding hydrogens is 245 g/mol. The van der Waals surface area contributed by atoms with E-state index in [0.29, 0.717) is 17.2 Å². The Kier molecular flexibility index (Phi) is 3.38. The van der Waals surface area contributed by atoms with Gasteiger partial charge in [0.25, 0.3) is 0 Å². The second-order valence-electron chi connectivity index (χ2n) is 4.11. The summed E-state index contributed by atoms with van der Waals surface area (Å²) in [6.45, 7) is 1.96. The predicted molar refractivity (Wildman–Crippen MR) is 71.4 cm³/mol. The van der Waals surface area contributed by atoms with E-state index in [2.05, 4.69) is 10.4 Å². The molecule has 5 nitrogen and oxygen atoms in total. The number of nitrogen functional groups attached to an aromatic ring is 1. The van der Waals surface area contributed by atoms with E-state index in [1.807, 2.05) is 13.0 Å². The number of rotatable bonds is 3. The van der Waals surface area contributed by atoms with Crippen molar-refractivity contribution < 1.29 is 4.39 Å². The van der Waals surface area contributed by atoms with Gasteiger partial charge in [-0.2, -0.15) is 10.4 Å². The molecule has 0 saturated heterocycles. The largest absolute Gasteiger partial charge is 0.394 e. The molecule has 0 radical (unpaired) electrons. The molecule has 0 aliphatic carbocycles. The Hall–Kier alpha value is -2.55. The third-order valence-electron chi connectivity index (χ3n) is 2.85. The summed E-state index contributed by atoms with van der Waals surface area (Å²) in [6, 6.07) is 5.91. The second-order valence-corrected chi connectivity index (χ2v) is 4.11. The summed E-state index contributed by atoms with van der Waals surface area (Å²) in [4.78, 5) is 0. The van der Waals surface area contributed by atoms with Crippen molar-refractivity contribution in [2.45, 2.75) is 13.3 Å². The Labute approximate surface area is 110 Å². The number of nitrogens with zero attached hydrogens (tertiary/aromatic N) is 3. The van der Waals surface area contributed by atoms with Crippen LogP contribution in [0.25, 0.3) is 0 Å². The van der Waals surface area contributed by atoms with Gasteiger partial charge in [-0.1, -0.05) is 6.92 Å². The number of halogens is 1. The van der Waals surface area contributed by atoms with Crippen LogP contribution in [0.3, 0.4) is 0 Å². The summed E-state index contributed by atoms with van der Waals surface area (Å²) in [7, 11) is 1.76. The van der Waals surface area contributed by atoms with Crippen molar-refractivity contribution in [2.24, 2.45) is 7.05 Å². The average molecular weight is 259 g/mol. The highest BCUT2D eigenvalue weighted by Gasteiger charge is 2.13. The number of aromatic nitrogens is 2. The second kappa shape index (κ2) is 4.98. The van der Waals surface area contributed by atoms with Crippen LogP contribution in [0.5, 0.6) is 0 Å². The molecule has 0 saturated carbocycles. The van der Waals surface area contributed by atoms with Gasteiger partial charge < -0.3 is 11.1 Å². The zero-order chi connectivity index (χ0) is 14.0. The Morgan fingerprint density at radius 1 is 1.53 bits per heavy atom. The normalized spacial score (nSPS) is 10.2. The van der Waals surface area contributed by atoms with Crippen molar-refractivity contribution in [3.05, 3.63) is 35.3 Å². The minimum atomic E-state index is -0.450. The Morgan fingerprint density at radius 3 is 2.84 bits per heavy atom. The number of nitrogens with two attached hydrogens (primary N) is 1. The van der Waals surface area contributed by atoms with Gasteiger partial charge in [-0.3, -0.25) is 4.68 Å². The summed E-state index contributed by atoms with van der Waals surface area (Å²) >= 11 is 0. The maximum atomic E-state index is 13.1. The van der Waals surface area contributed by atoms with Crippen LogP contribution in [0, 0.1) is 17.1 Å². The molecule has 2 rings (SSSR count). The minimum absolute atomic E-state index is 0.221. The molecule has 0 spiro atoms. The van der Waals surface area contributed by atoms with E-state index in [1.165, 1.54) is 18.2 Å². The van der Waals surface area contributed by atoms with Crippen LogP contribution >= 0.6 is 0 Å². The highest BCUT2D eigenvalue weighted by Crippen LogP contribution is 2.27. The third-order valence-corrected chi connectivity index (χ3v) is 2.85. The third kappa shape index (κ3) is 2.36. The smallest absolute Gasteiger partial charge is 0.152 e. The number of anilines is 3. The van der Waals surface area contributed by atoms with Gasteiger partial charge in [-0.15, -0.1) is 0 Å². The zero-order valence-corrected chi connectivity index (χ0v) is 10.7. The molecule has 2 aromatic rings. The first kappa shape index (κ1) is 12.9. The Bertz CT molecular complexity index is 654. The van der Waals surface area contributed by atoms with Crippen molar-refractivity contribution >= 4 is 17.2 Å². The molecule has 1 heterocycles. The molecule has 0 aliphatic rings. The maximum absolute atomic E-state index is 13.1. The fourth-order valence-corrected chi connectivity index (χ4v) is 1.85. The van der Waals surface area contributed by atoms with Crippen LogP contribution in [-0.2, 0) is 13.5 Å². The molecule has 3 N–H and O–H groups in total. The van der Waals surface area contributed by atoms with E-state index < -0.39 is 5.82 Å². The fourth-order valence-electron chi connectivity index (χ4n) is 1.85. The van der Waals surface area contributed by atoms with Gasteiger partial charge >= 0.3 is 0 Å². The summed E-state index contributed by atoms with van der Waals surface area (Å²) in [5, 5.41) is 16.3. The molecule has 0 atom stereocenters. The first-order valence-electron chi connectivity index (χ1n) is 5.84. The molecule has 0 amide bonds. The monoisotopic (exact) mass is 259 g/mol. The average Bonchev–Trinajstić information content (AvgIpc) is 2.67. The van der Waals surface area contributed by atoms with E-state index in [-0.39, 0.29) is 5.56 Å². The quantitative estimate of drug-likeness (QED) is 0.886. The Balaban J connectivity index is 2.42. The van der Waals surface area contributed by atoms with E-state index in [0.717, 1.165) is 12.1 Å². The number of aryl methyl sites for hydroxylation is 2. The number of nitrogens with one attached hydrogen (secondary N) is 1. The standard InChI is InChI=1S/C13H14FN5/c1-3-10-12(16)13(19(2)18-10)17-11-5-4-9(14)6-8(11)7-15/h4-6,17H,3,16H2,1-2H3. The van der Waals surface area contributed by atoms with Gasteiger partial charge in [0.1, 0.15) is 11.9 Å². The van der Waals surface area contributed by atoms with Crippen LogP contribution in [0.4, 0.5) is 21.6 Å². The first-order chi connectivity index (χ1) is 9.06. The highest BCUT2D eigenvalue weighted by molar-refractivity contribution is 5.74. The topological polar surface area (TPSA) is 79.7 Å². The molecule has 0 aliphatic heterocycles. The van der Waals surface area contributed by atoms with Crippen LogP contribution < -0.4 is 11.1 Å². The number of benzene rings is 1. The predicted octanol–water partition coefficient (Wildman–Crippen LogP) is 2.32. The molecule has 0 unspecified atom stereocenters. The number of hydrogen-bond donors (Lipinski definition) is 2. The SMILES string of the molecule is CCc1nn(C)c(Nc2ccc(F)cc2C#N)c1N. The molecule has 1 aromatic carbocycles. The molecule has 1 aromatic heterocycles. The highest BCUT2D eigenvalue weighted by atomic mass is 19.1. The van der Waals surface area contributed by atoms with Crippen molar-refractivity contribution in [3.63, 3.8) is 0 Å². The van der Waals surface area contributed by atoms with Crippen molar-refractivity contribution in [1.29, 1.82) is 5.26 Å². The molecule has 0 fully saturated rings. The van der Waals surface area contributed by atoms with Gasteiger partial charge in [0.2, 0.25) is 0 Å². The van der Waals surface area contributed by atoms with E-state index in [1.54, 1.807) is 11.7 Å². The van der Waals surface area contributed by atoms with Crippen molar-refractivity contribution in [3.8, 4) is 6.07 Å². The van der Waals surface area contributed by atoms with Gasteiger partial charge in [0.15, 0.2) is 5.82 Å². The molecule has 19 heavy (non-hydrogen) atoms. The van der Waals surface area contributed by atoms with Crippen molar-refractivity contribution in [2.75, 3.05) is 11.1 Å². The Morgan fingerprint density at radius 2 is 2.26 bits per heavy atom. The van der Waals surface area contributed by atoms with E-state index >= 15 is 0 Å². The van der Waals surface area contributed by atoms with Gasteiger partial charge in [0.05, 0.1) is 22.6 Å². The van der Waals surface area contributed by atoms with Gasteiger partial charge in [-0.25, -0.2) is 4.39 Å². The maximum Gasteiger partial charge on any atom is 0.152 e. The lowest BCUT2D eigenvalue weighted by atomic mass is 10.2. The number of nitriles is 1. The van der Waals surface area contributed by atoms with Crippen LogP contribution in [0.2, 0.25) is 0 Å².